The second-order valence-electron chi connectivity index (χ2n) is 5.79. The average Bonchev–Trinajstić information content (AvgIpc) is 2.99. The molecule has 3 rings (SSSR count). The van der Waals surface area contributed by atoms with Crippen LogP contribution in [0.3, 0.4) is 0 Å². The summed E-state index contributed by atoms with van der Waals surface area (Å²) in [6.07, 6.45) is 0.392. The molecule has 6 heteroatoms. The van der Waals surface area contributed by atoms with Gasteiger partial charge in [0.05, 0.1) is 17.9 Å². The first-order valence-electron chi connectivity index (χ1n) is 8.44. The van der Waals surface area contributed by atoms with Gasteiger partial charge in [-0.1, -0.05) is 24.3 Å². The van der Waals surface area contributed by atoms with Crippen LogP contribution in [-0.4, -0.2) is 24.4 Å². The molecule has 0 N–H and O–H groups in total. The molecular weight excluding hydrogens is 334 g/mol. The number of esters is 1. The van der Waals surface area contributed by atoms with Crippen LogP contribution < -0.4 is 9.64 Å². The smallest absolute Gasteiger partial charge is 0.338 e. The maximum atomic E-state index is 12.4. The zero-order valence-electron chi connectivity index (χ0n) is 14.4. The Bertz CT molecular complexity index is 830. The van der Waals surface area contributed by atoms with Gasteiger partial charge in [-0.3, -0.25) is 14.5 Å². The van der Waals surface area contributed by atoms with Crippen molar-refractivity contribution in [2.24, 2.45) is 0 Å². The molecule has 0 spiro atoms. The Kier molecular flexibility index (Phi) is 5.31. The van der Waals surface area contributed by atoms with Gasteiger partial charge >= 0.3 is 5.97 Å². The standard InChI is InChI=1S/C20H19NO5/c1-2-25-17-9-4-3-6-15(17)13-26-20(24)14-7-5-8-16(12-14)21-18(22)10-11-19(21)23/h3-9,12H,2,10-11,13H2,1H3. The number of para-hydroxylation sites is 1. The molecule has 1 heterocycles. The first-order chi connectivity index (χ1) is 12.6. The molecule has 1 aliphatic rings. The van der Waals surface area contributed by atoms with Gasteiger partial charge in [0.1, 0.15) is 12.4 Å². The van der Waals surface area contributed by atoms with E-state index in [1.807, 2.05) is 31.2 Å². The number of imide groups is 1. The second-order valence-corrected chi connectivity index (χ2v) is 5.79. The number of rotatable bonds is 6. The van der Waals surface area contributed by atoms with Gasteiger partial charge in [0.2, 0.25) is 11.8 Å². The Morgan fingerprint density at radius 1 is 1.04 bits per heavy atom. The normalized spacial score (nSPS) is 13.8. The molecule has 6 nitrogen and oxygen atoms in total. The van der Waals surface area contributed by atoms with Gasteiger partial charge in [0.25, 0.3) is 0 Å². The second kappa shape index (κ2) is 7.82. The van der Waals surface area contributed by atoms with Crippen LogP contribution in [0.2, 0.25) is 0 Å². The molecule has 1 aliphatic heterocycles. The number of anilines is 1. The zero-order chi connectivity index (χ0) is 18.5. The largest absolute Gasteiger partial charge is 0.493 e. The number of benzene rings is 2. The monoisotopic (exact) mass is 353 g/mol. The first kappa shape index (κ1) is 17.7. The third-order valence-electron chi connectivity index (χ3n) is 4.02. The van der Waals surface area contributed by atoms with E-state index < -0.39 is 5.97 Å². The molecule has 0 saturated carbocycles. The molecule has 2 amide bonds. The first-order valence-corrected chi connectivity index (χ1v) is 8.44. The van der Waals surface area contributed by atoms with Crippen molar-refractivity contribution < 1.29 is 23.9 Å². The van der Waals surface area contributed by atoms with E-state index in [1.54, 1.807) is 18.2 Å². The van der Waals surface area contributed by atoms with Gasteiger partial charge < -0.3 is 9.47 Å². The van der Waals surface area contributed by atoms with Crippen molar-refractivity contribution >= 4 is 23.5 Å². The predicted molar refractivity (Wildman–Crippen MR) is 94.9 cm³/mol. The summed E-state index contributed by atoms with van der Waals surface area (Å²) in [5.74, 6) is -0.376. The highest BCUT2D eigenvalue weighted by atomic mass is 16.5. The van der Waals surface area contributed by atoms with E-state index in [9.17, 15) is 14.4 Å². The van der Waals surface area contributed by atoms with E-state index >= 15 is 0 Å². The average molecular weight is 353 g/mol. The van der Waals surface area contributed by atoms with Gasteiger partial charge in [-0.2, -0.15) is 0 Å². The van der Waals surface area contributed by atoms with E-state index in [2.05, 4.69) is 0 Å². The molecule has 0 bridgehead atoms. The van der Waals surface area contributed by atoms with Crippen LogP contribution in [0.5, 0.6) is 5.75 Å². The number of hydrogen-bond acceptors (Lipinski definition) is 5. The van der Waals surface area contributed by atoms with Gasteiger partial charge in [-0.15, -0.1) is 0 Å². The van der Waals surface area contributed by atoms with Crippen molar-refractivity contribution in [3.63, 3.8) is 0 Å². The van der Waals surface area contributed by atoms with E-state index in [1.165, 1.54) is 6.07 Å². The van der Waals surface area contributed by atoms with Crippen molar-refractivity contribution in [3.8, 4) is 5.75 Å². The topological polar surface area (TPSA) is 72.9 Å². The fraction of sp³-hybridized carbons (Fsp3) is 0.250. The van der Waals surface area contributed by atoms with Crippen LogP contribution in [0.15, 0.2) is 48.5 Å². The van der Waals surface area contributed by atoms with Crippen LogP contribution in [0.4, 0.5) is 5.69 Å². The number of carbonyl (C=O) groups is 3. The lowest BCUT2D eigenvalue weighted by Crippen LogP contribution is -2.28. The lowest BCUT2D eigenvalue weighted by molar-refractivity contribution is -0.121. The number of hydrogen-bond donors (Lipinski definition) is 0. The SMILES string of the molecule is CCOc1ccccc1COC(=O)c1cccc(N2C(=O)CCC2=O)c1. The molecule has 26 heavy (non-hydrogen) atoms. The Morgan fingerprint density at radius 3 is 2.50 bits per heavy atom. The fourth-order valence-corrected chi connectivity index (χ4v) is 2.78. The van der Waals surface area contributed by atoms with Gasteiger partial charge in [0, 0.05) is 18.4 Å². The summed E-state index contributed by atoms with van der Waals surface area (Å²) in [6, 6.07) is 13.7. The van der Waals surface area contributed by atoms with E-state index in [4.69, 9.17) is 9.47 Å². The van der Waals surface area contributed by atoms with Crippen molar-refractivity contribution in [2.75, 3.05) is 11.5 Å². The molecular formula is C20H19NO5. The molecule has 2 aromatic rings. The molecule has 0 unspecified atom stereocenters. The lowest BCUT2D eigenvalue weighted by atomic mass is 10.2. The summed E-state index contributed by atoms with van der Waals surface area (Å²) in [6.45, 7) is 2.47. The lowest BCUT2D eigenvalue weighted by Gasteiger charge is -2.15. The highest BCUT2D eigenvalue weighted by Gasteiger charge is 2.30. The summed E-state index contributed by atoms with van der Waals surface area (Å²) < 4.78 is 10.9. The van der Waals surface area contributed by atoms with E-state index in [0.717, 1.165) is 10.5 Å². The fourth-order valence-electron chi connectivity index (χ4n) is 2.78. The summed E-state index contributed by atoms with van der Waals surface area (Å²) in [7, 11) is 0. The minimum atomic E-state index is -0.530. The Labute approximate surface area is 151 Å². The van der Waals surface area contributed by atoms with Crippen LogP contribution >= 0.6 is 0 Å². The highest BCUT2D eigenvalue weighted by molar-refractivity contribution is 6.20. The van der Waals surface area contributed by atoms with Gasteiger partial charge in [-0.05, 0) is 31.2 Å². The number of ether oxygens (including phenoxy) is 2. The highest BCUT2D eigenvalue weighted by Crippen LogP contribution is 2.24. The molecule has 134 valence electrons. The molecule has 1 fully saturated rings. The Morgan fingerprint density at radius 2 is 1.77 bits per heavy atom. The summed E-state index contributed by atoms with van der Waals surface area (Å²) in [5, 5.41) is 0. The summed E-state index contributed by atoms with van der Waals surface area (Å²) >= 11 is 0. The number of carbonyl (C=O) groups excluding carboxylic acids is 3. The van der Waals surface area contributed by atoms with Crippen LogP contribution in [0.1, 0.15) is 35.7 Å². The molecule has 1 saturated heterocycles. The zero-order valence-corrected chi connectivity index (χ0v) is 14.4. The van der Waals surface area contributed by atoms with Gasteiger partial charge in [0.15, 0.2) is 0 Å². The molecule has 0 aromatic heterocycles. The van der Waals surface area contributed by atoms with E-state index in [-0.39, 0.29) is 36.8 Å². The van der Waals surface area contributed by atoms with E-state index in [0.29, 0.717) is 18.0 Å². The molecule has 0 atom stereocenters. The summed E-state index contributed by atoms with van der Waals surface area (Å²) in [4.78, 5) is 37.2. The Hall–Kier alpha value is -3.15. The third kappa shape index (κ3) is 3.74. The van der Waals surface area contributed by atoms with Gasteiger partial charge in [-0.25, -0.2) is 4.79 Å². The van der Waals surface area contributed by atoms with Crippen LogP contribution in [0.25, 0.3) is 0 Å². The molecule has 0 radical (unpaired) electrons. The van der Waals surface area contributed by atoms with Crippen LogP contribution in [0, 0.1) is 0 Å². The van der Waals surface area contributed by atoms with Crippen molar-refractivity contribution in [1.82, 2.24) is 0 Å². The molecule has 2 aromatic carbocycles. The minimum Gasteiger partial charge on any atom is -0.493 e. The van der Waals surface area contributed by atoms with Crippen molar-refractivity contribution in [3.05, 3.63) is 59.7 Å². The van der Waals surface area contributed by atoms with Crippen LogP contribution in [-0.2, 0) is 20.9 Å². The van der Waals surface area contributed by atoms with Crippen molar-refractivity contribution in [2.45, 2.75) is 26.4 Å². The summed E-state index contributed by atoms with van der Waals surface area (Å²) in [5.41, 5.74) is 1.44. The maximum absolute atomic E-state index is 12.4. The minimum absolute atomic E-state index is 0.0702. The predicted octanol–water partition coefficient (Wildman–Crippen LogP) is 3.10. The van der Waals surface area contributed by atoms with Crippen molar-refractivity contribution in [1.29, 1.82) is 0 Å². The Balaban J connectivity index is 1.72. The third-order valence-corrected chi connectivity index (χ3v) is 4.02. The molecule has 0 aliphatic carbocycles. The maximum Gasteiger partial charge on any atom is 0.338 e. The number of nitrogens with zero attached hydrogens (tertiary/aromatic N) is 1. The quantitative estimate of drug-likeness (QED) is 0.589. The number of amides is 2.